The number of nitrogens with zero attached hydrogens (tertiary/aromatic N) is 1. The molecule has 0 aliphatic heterocycles. The van der Waals surface area contributed by atoms with E-state index in [0.29, 0.717) is 41.5 Å². The zero-order valence-corrected chi connectivity index (χ0v) is 20.5. The molecular weight excluding hydrogens is 465 g/mol. The second kappa shape index (κ2) is 12.7. The van der Waals surface area contributed by atoms with E-state index in [1.54, 1.807) is 50.7 Å². The molecule has 0 aliphatic rings. The van der Waals surface area contributed by atoms with Gasteiger partial charge in [0, 0.05) is 67.5 Å². The van der Waals surface area contributed by atoms with Crippen molar-refractivity contribution in [2.24, 2.45) is 10.7 Å². The van der Waals surface area contributed by atoms with Crippen molar-refractivity contribution in [2.75, 3.05) is 19.4 Å². The Labute approximate surface area is 210 Å². The summed E-state index contributed by atoms with van der Waals surface area (Å²) in [5.41, 5.74) is 11.2. The molecule has 6 nitrogen and oxygen atoms in total. The standard InChI is InChI=1S/C27H29ClFN5O/c1-31-12-11-25(30)19-6-3-5-18(13-19)15-34-27(35)20-9-10-21(26(14-20)32-2)16-33-17-22-23(28)7-4-8-24(22)29/h3-14,32-33H,15-17,30H2,1-2H3,(H,34,35). The molecule has 0 aliphatic carbocycles. The summed E-state index contributed by atoms with van der Waals surface area (Å²) in [5, 5.41) is 9.66. The molecule has 0 unspecified atom stereocenters. The maximum Gasteiger partial charge on any atom is 0.251 e. The van der Waals surface area contributed by atoms with Crippen LogP contribution in [0.25, 0.3) is 5.70 Å². The van der Waals surface area contributed by atoms with Crippen molar-refractivity contribution < 1.29 is 9.18 Å². The minimum Gasteiger partial charge on any atom is -0.398 e. The molecule has 3 aromatic rings. The summed E-state index contributed by atoms with van der Waals surface area (Å²) in [5.74, 6) is -0.531. The molecule has 5 N–H and O–H groups in total. The van der Waals surface area contributed by atoms with Crippen molar-refractivity contribution in [1.29, 1.82) is 0 Å². The molecule has 0 fully saturated rings. The molecule has 35 heavy (non-hydrogen) atoms. The van der Waals surface area contributed by atoms with Crippen LogP contribution in [0, 0.1) is 5.82 Å². The lowest BCUT2D eigenvalue weighted by Gasteiger charge is -2.13. The van der Waals surface area contributed by atoms with Crippen molar-refractivity contribution in [1.82, 2.24) is 10.6 Å². The average Bonchev–Trinajstić information content (AvgIpc) is 2.87. The third-order valence-corrected chi connectivity index (χ3v) is 5.79. The summed E-state index contributed by atoms with van der Waals surface area (Å²) < 4.78 is 14.0. The van der Waals surface area contributed by atoms with Crippen molar-refractivity contribution in [3.8, 4) is 0 Å². The van der Waals surface area contributed by atoms with Gasteiger partial charge in [-0.15, -0.1) is 0 Å². The van der Waals surface area contributed by atoms with Crippen molar-refractivity contribution >= 4 is 35.1 Å². The average molecular weight is 494 g/mol. The van der Waals surface area contributed by atoms with Gasteiger partial charge in [-0.2, -0.15) is 0 Å². The molecule has 0 saturated carbocycles. The molecule has 182 valence electrons. The Bertz CT molecular complexity index is 1220. The quantitative estimate of drug-likeness (QED) is 0.307. The first kappa shape index (κ1) is 25.9. The number of allylic oxidation sites excluding steroid dienone is 1. The highest BCUT2D eigenvalue weighted by molar-refractivity contribution is 6.31. The van der Waals surface area contributed by atoms with Gasteiger partial charge in [0.2, 0.25) is 0 Å². The van der Waals surface area contributed by atoms with Gasteiger partial charge >= 0.3 is 0 Å². The first-order valence-electron chi connectivity index (χ1n) is 11.1. The minimum absolute atomic E-state index is 0.189. The molecule has 1 amide bonds. The van der Waals surface area contributed by atoms with Crippen LogP contribution in [-0.4, -0.2) is 26.2 Å². The summed E-state index contributed by atoms with van der Waals surface area (Å²) in [6.07, 6.45) is 3.37. The van der Waals surface area contributed by atoms with Gasteiger partial charge in [0.05, 0.1) is 0 Å². The number of hydrogen-bond donors (Lipinski definition) is 4. The van der Waals surface area contributed by atoms with Crippen molar-refractivity contribution in [3.05, 3.63) is 105 Å². The minimum atomic E-state index is -0.343. The molecule has 0 aromatic heterocycles. The molecule has 3 rings (SSSR count). The van der Waals surface area contributed by atoms with Crippen LogP contribution >= 0.6 is 11.6 Å². The van der Waals surface area contributed by atoms with Crippen LogP contribution in [0.5, 0.6) is 0 Å². The van der Waals surface area contributed by atoms with Crippen LogP contribution in [0.15, 0.2) is 71.7 Å². The number of amides is 1. The van der Waals surface area contributed by atoms with Crippen molar-refractivity contribution in [3.63, 3.8) is 0 Å². The largest absolute Gasteiger partial charge is 0.398 e. The van der Waals surface area contributed by atoms with Gasteiger partial charge < -0.3 is 21.7 Å². The lowest BCUT2D eigenvalue weighted by molar-refractivity contribution is 0.0951. The zero-order chi connectivity index (χ0) is 25.2. The SMILES string of the molecule is CN=CC=C(N)c1cccc(CNC(=O)c2ccc(CNCc3c(F)cccc3Cl)c(NC)c2)c1. The van der Waals surface area contributed by atoms with Crippen LogP contribution in [-0.2, 0) is 19.6 Å². The number of hydrogen-bond acceptors (Lipinski definition) is 5. The summed E-state index contributed by atoms with van der Waals surface area (Å²) >= 11 is 6.09. The Morgan fingerprint density at radius 1 is 1.06 bits per heavy atom. The lowest BCUT2D eigenvalue weighted by Crippen LogP contribution is -2.23. The van der Waals surface area contributed by atoms with Gasteiger partial charge in [-0.25, -0.2) is 4.39 Å². The number of rotatable bonds is 10. The number of anilines is 1. The number of aliphatic imine (C=N–C) groups is 1. The Morgan fingerprint density at radius 2 is 1.86 bits per heavy atom. The predicted octanol–water partition coefficient (Wildman–Crippen LogP) is 4.74. The smallest absolute Gasteiger partial charge is 0.251 e. The molecule has 0 spiro atoms. The van der Waals surface area contributed by atoms with Crippen molar-refractivity contribution in [2.45, 2.75) is 19.6 Å². The van der Waals surface area contributed by atoms with Gasteiger partial charge in [-0.1, -0.05) is 41.9 Å². The number of nitrogens with two attached hydrogens (primary N) is 1. The zero-order valence-electron chi connectivity index (χ0n) is 19.7. The first-order chi connectivity index (χ1) is 16.9. The Kier molecular flexibility index (Phi) is 9.40. The monoisotopic (exact) mass is 493 g/mol. The summed E-state index contributed by atoms with van der Waals surface area (Å²) in [6, 6.07) is 17.7. The van der Waals surface area contributed by atoms with E-state index in [1.807, 2.05) is 30.3 Å². The second-order valence-electron chi connectivity index (χ2n) is 7.84. The normalized spacial score (nSPS) is 11.6. The van der Waals surface area contributed by atoms with E-state index in [-0.39, 0.29) is 11.7 Å². The fourth-order valence-corrected chi connectivity index (χ4v) is 3.75. The second-order valence-corrected chi connectivity index (χ2v) is 8.25. The molecule has 8 heteroatoms. The number of carbonyl (C=O) groups excluding carboxylic acids is 1. The number of carbonyl (C=O) groups is 1. The third kappa shape index (κ3) is 7.15. The lowest BCUT2D eigenvalue weighted by atomic mass is 10.1. The third-order valence-electron chi connectivity index (χ3n) is 5.44. The van der Waals surface area contributed by atoms with E-state index in [0.717, 1.165) is 22.4 Å². The molecule has 0 bridgehead atoms. The summed E-state index contributed by atoms with van der Waals surface area (Å²) in [4.78, 5) is 16.7. The Balaban J connectivity index is 1.62. The maximum absolute atomic E-state index is 14.0. The molecule has 0 heterocycles. The summed E-state index contributed by atoms with van der Waals surface area (Å²) in [7, 11) is 3.47. The highest BCUT2D eigenvalue weighted by Gasteiger charge is 2.11. The first-order valence-corrected chi connectivity index (χ1v) is 11.5. The van der Waals surface area contributed by atoms with Gasteiger partial charge in [0.15, 0.2) is 0 Å². The fraction of sp³-hybridized carbons (Fsp3) is 0.185. The highest BCUT2D eigenvalue weighted by atomic mass is 35.5. The number of halogens is 2. The van der Waals surface area contributed by atoms with Crippen LogP contribution in [0.1, 0.15) is 32.6 Å². The number of benzene rings is 3. The molecule has 3 aromatic carbocycles. The summed E-state index contributed by atoms with van der Waals surface area (Å²) in [6.45, 7) is 1.14. The van der Waals surface area contributed by atoms with Crippen LogP contribution < -0.4 is 21.7 Å². The van der Waals surface area contributed by atoms with E-state index in [9.17, 15) is 9.18 Å². The topological polar surface area (TPSA) is 91.5 Å². The van der Waals surface area contributed by atoms with Gasteiger partial charge in [-0.3, -0.25) is 9.79 Å². The van der Waals surface area contributed by atoms with Gasteiger partial charge in [0.25, 0.3) is 5.91 Å². The van der Waals surface area contributed by atoms with Crippen LogP contribution in [0.2, 0.25) is 5.02 Å². The fourth-order valence-electron chi connectivity index (χ4n) is 3.52. The van der Waals surface area contributed by atoms with E-state index >= 15 is 0 Å². The molecule has 0 saturated heterocycles. The highest BCUT2D eigenvalue weighted by Crippen LogP contribution is 2.21. The van der Waals surface area contributed by atoms with Gasteiger partial charge in [-0.05, 0) is 53.1 Å². The maximum atomic E-state index is 14.0. The van der Waals surface area contributed by atoms with Crippen LogP contribution in [0.3, 0.4) is 0 Å². The Morgan fingerprint density at radius 3 is 2.60 bits per heavy atom. The van der Waals surface area contributed by atoms with E-state index < -0.39 is 0 Å². The predicted molar refractivity (Wildman–Crippen MR) is 142 cm³/mol. The van der Waals surface area contributed by atoms with Gasteiger partial charge in [0.1, 0.15) is 5.82 Å². The van der Waals surface area contributed by atoms with E-state index in [4.69, 9.17) is 17.3 Å². The Hall–Kier alpha value is -3.68. The molecule has 0 radical (unpaired) electrons. The molecule has 0 atom stereocenters. The van der Waals surface area contributed by atoms with E-state index in [2.05, 4.69) is 20.9 Å². The molecular formula is C27H29ClFN5O. The number of nitrogens with one attached hydrogen (secondary N) is 3. The van der Waals surface area contributed by atoms with E-state index in [1.165, 1.54) is 6.07 Å². The van der Waals surface area contributed by atoms with Crippen LogP contribution in [0.4, 0.5) is 10.1 Å².